The van der Waals surface area contributed by atoms with Gasteiger partial charge in [0.2, 0.25) is 0 Å². The maximum absolute atomic E-state index is 10.0. The molecular formula is C17H24N2O5. The van der Waals surface area contributed by atoms with Crippen LogP contribution in [-0.4, -0.2) is 74.0 Å². The lowest BCUT2D eigenvalue weighted by atomic mass is 10.2. The molecule has 1 fully saturated rings. The van der Waals surface area contributed by atoms with Crippen molar-refractivity contribution in [2.24, 2.45) is 5.16 Å². The predicted molar refractivity (Wildman–Crippen MR) is 88.7 cm³/mol. The van der Waals surface area contributed by atoms with E-state index in [1.807, 2.05) is 31.2 Å². The van der Waals surface area contributed by atoms with Crippen LogP contribution in [0.5, 0.6) is 11.5 Å². The molecule has 2 aliphatic rings. The lowest BCUT2D eigenvalue weighted by Crippen LogP contribution is -2.42. The van der Waals surface area contributed by atoms with Crippen molar-refractivity contribution in [1.82, 2.24) is 4.90 Å². The maximum atomic E-state index is 10.0. The zero-order chi connectivity index (χ0) is 16.8. The summed E-state index contributed by atoms with van der Waals surface area (Å²) < 4.78 is 16.8. The number of nitrogens with zero attached hydrogens (tertiary/aromatic N) is 2. The van der Waals surface area contributed by atoms with Gasteiger partial charge in [0.25, 0.3) is 0 Å². The standard InChI is InChI=1S/C17H24N2O5/c1-13(17-12-22-15-4-2-3-5-16(15)24-17)18-23-11-14(20)10-19-6-8-21-9-7-19/h2-5,14,17,20H,6-12H2,1H3/b18-13-/t14-,17+/m0/s1. The molecule has 7 heteroatoms. The van der Waals surface area contributed by atoms with E-state index in [1.54, 1.807) is 0 Å². The highest BCUT2D eigenvalue weighted by atomic mass is 16.6. The molecule has 2 heterocycles. The molecule has 0 aliphatic carbocycles. The number of para-hydroxylation sites is 2. The van der Waals surface area contributed by atoms with Gasteiger partial charge in [-0.05, 0) is 19.1 Å². The Hall–Kier alpha value is -1.83. The highest BCUT2D eigenvalue weighted by molar-refractivity contribution is 5.86. The van der Waals surface area contributed by atoms with Crippen molar-refractivity contribution in [3.8, 4) is 11.5 Å². The van der Waals surface area contributed by atoms with E-state index in [1.165, 1.54) is 0 Å². The Morgan fingerprint density at radius 2 is 2.08 bits per heavy atom. The zero-order valence-electron chi connectivity index (χ0n) is 13.9. The summed E-state index contributed by atoms with van der Waals surface area (Å²) in [4.78, 5) is 7.44. The van der Waals surface area contributed by atoms with Crippen molar-refractivity contribution in [2.75, 3.05) is 46.1 Å². The van der Waals surface area contributed by atoms with E-state index in [4.69, 9.17) is 19.0 Å². The van der Waals surface area contributed by atoms with Crippen LogP contribution in [0.4, 0.5) is 0 Å². The average Bonchev–Trinajstić information content (AvgIpc) is 2.62. The average molecular weight is 336 g/mol. The smallest absolute Gasteiger partial charge is 0.174 e. The third-order valence-electron chi connectivity index (χ3n) is 4.02. The molecule has 7 nitrogen and oxygen atoms in total. The first-order valence-corrected chi connectivity index (χ1v) is 8.25. The zero-order valence-corrected chi connectivity index (χ0v) is 13.9. The number of benzene rings is 1. The Labute approximate surface area is 141 Å². The third kappa shape index (κ3) is 4.59. The molecular weight excluding hydrogens is 312 g/mol. The van der Waals surface area contributed by atoms with E-state index >= 15 is 0 Å². The Bertz CT molecular complexity index is 560. The number of hydrogen-bond acceptors (Lipinski definition) is 7. The Kier molecular flexibility index (Phi) is 5.90. The van der Waals surface area contributed by atoms with Gasteiger partial charge in [-0.1, -0.05) is 17.3 Å². The molecule has 1 aromatic rings. The van der Waals surface area contributed by atoms with Gasteiger partial charge in [0, 0.05) is 19.6 Å². The number of aliphatic hydroxyl groups excluding tert-OH is 1. The van der Waals surface area contributed by atoms with Gasteiger partial charge >= 0.3 is 0 Å². The number of hydrogen-bond donors (Lipinski definition) is 1. The monoisotopic (exact) mass is 336 g/mol. The molecule has 0 amide bonds. The minimum Gasteiger partial charge on any atom is -0.485 e. The highest BCUT2D eigenvalue weighted by Crippen LogP contribution is 2.31. The van der Waals surface area contributed by atoms with Crippen LogP contribution in [0.2, 0.25) is 0 Å². The molecule has 3 rings (SSSR count). The minimum atomic E-state index is -0.580. The number of oxime groups is 1. The molecule has 1 aromatic carbocycles. The highest BCUT2D eigenvalue weighted by Gasteiger charge is 2.23. The number of morpholine rings is 1. The van der Waals surface area contributed by atoms with Gasteiger partial charge in [-0.15, -0.1) is 0 Å². The SMILES string of the molecule is C/C(=N/OC[C@@H](O)CN1CCOCC1)[C@H]1COc2ccccc2O1. The number of rotatable bonds is 6. The van der Waals surface area contributed by atoms with E-state index in [0.717, 1.165) is 18.8 Å². The van der Waals surface area contributed by atoms with Gasteiger partial charge in [0.15, 0.2) is 17.6 Å². The molecule has 0 unspecified atom stereocenters. The summed E-state index contributed by atoms with van der Waals surface area (Å²) in [5.41, 5.74) is 0.683. The largest absolute Gasteiger partial charge is 0.485 e. The molecule has 0 bridgehead atoms. The third-order valence-corrected chi connectivity index (χ3v) is 4.02. The number of fused-ring (bicyclic) bond motifs is 1. The first-order valence-electron chi connectivity index (χ1n) is 8.25. The molecule has 2 atom stereocenters. The van der Waals surface area contributed by atoms with E-state index in [2.05, 4.69) is 10.1 Å². The molecule has 24 heavy (non-hydrogen) atoms. The topological polar surface area (TPSA) is 72.8 Å². The van der Waals surface area contributed by atoms with Crippen LogP contribution in [0.1, 0.15) is 6.92 Å². The van der Waals surface area contributed by atoms with Crippen LogP contribution in [-0.2, 0) is 9.57 Å². The first kappa shape index (κ1) is 17.0. The van der Waals surface area contributed by atoms with Gasteiger partial charge in [-0.2, -0.15) is 0 Å². The molecule has 132 valence electrons. The number of β-amino-alcohol motifs (C(OH)–C–C–N with tert-alkyl or cyclic N) is 1. The molecule has 0 radical (unpaired) electrons. The second-order valence-corrected chi connectivity index (χ2v) is 5.96. The van der Waals surface area contributed by atoms with Crippen LogP contribution in [0.25, 0.3) is 0 Å². The van der Waals surface area contributed by atoms with E-state index in [-0.39, 0.29) is 12.7 Å². The maximum Gasteiger partial charge on any atom is 0.174 e. The van der Waals surface area contributed by atoms with Crippen molar-refractivity contribution >= 4 is 5.71 Å². The molecule has 1 saturated heterocycles. The van der Waals surface area contributed by atoms with Crippen molar-refractivity contribution in [1.29, 1.82) is 0 Å². The summed E-state index contributed by atoms with van der Waals surface area (Å²) >= 11 is 0. The van der Waals surface area contributed by atoms with Crippen LogP contribution in [0, 0.1) is 0 Å². The first-order chi connectivity index (χ1) is 11.7. The Morgan fingerprint density at radius 1 is 1.33 bits per heavy atom. The second kappa shape index (κ2) is 8.32. The molecule has 1 N–H and O–H groups in total. The molecule has 0 aromatic heterocycles. The van der Waals surface area contributed by atoms with E-state index in [0.29, 0.717) is 37.8 Å². The normalized spacial score (nSPS) is 22.9. The number of ether oxygens (including phenoxy) is 3. The van der Waals surface area contributed by atoms with Gasteiger partial charge in [-0.25, -0.2) is 0 Å². The second-order valence-electron chi connectivity index (χ2n) is 5.96. The number of aliphatic hydroxyl groups is 1. The van der Waals surface area contributed by atoms with E-state index in [9.17, 15) is 5.11 Å². The summed E-state index contributed by atoms with van der Waals surface area (Å²) in [6.07, 6.45) is -0.861. The fourth-order valence-corrected chi connectivity index (χ4v) is 2.64. The van der Waals surface area contributed by atoms with Crippen LogP contribution < -0.4 is 9.47 Å². The molecule has 0 spiro atoms. The lowest BCUT2D eigenvalue weighted by Gasteiger charge is -2.28. The quantitative estimate of drug-likeness (QED) is 0.615. The van der Waals surface area contributed by atoms with Crippen molar-refractivity contribution in [2.45, 2.75) is 19.1 Å². The molecule has 0 saturated carbocycles. The van der Waals surface area contributed by atoms with Crippen LogP contribution in [0.15, 0.2) is 29.4 Å². The summed E-state index contributed by atoms with van der Waals surface area (Å²) in [5.74, 6) is 1.44. The Morgan fingerprint density at radius 3 is 2.88 bits per heavy atom. The summed E-state index contributed by atoms with van der Waals surface area (Å²) in [6.45, 7) is 6.05. The Balaban J connectivity index is 1.43. The van der Waals surface area contributed by atoms with Gasteiger partial charge in [-0.3, -0.25) is 4.90 Å². The predicted octanol–water partition coefficient (Wildman–Crippen LogP) is 0.912. The summed E-state index contributed by atoms with van der Waals surface area (Å²) in [6, 6.07) is 7.54. The van der Waals surface area contributed by atoms with Crippen molar-refractivity contribution in [3.63, 3.8) is 0 Å². The van der Waals surface area contributed by atoms with Gasteiger partial charge in [0.05, 0.1) is 18.9 Å². The van der Waals surface area contributed by atoms with Gasteiger partial charge < -0.3 is 24.2 Å². The summed E-state index contributed by atoms with van der Waals surface area (Å²) in [5, 5.41) is 14.1. The summed E-state index contributed by atoms with van der Waals surface area (Å²) in [7, 11) is 0. The van der Waals surface area contributed by atoms with Crippen LogP contribution in [0.3, 0.4) is 0 Å². The lowest BCUT2D eigenvalue weighted by molar-refractivity contribution is -0.0137. The van der Waals surface area contributed by atoms with Crippen molar-refractivity contribution in [3.05, 3.63) is 24.3 Å². The van der Waals surface area contributed by atoms with Crippen molar-refractivity contribution < 1.29 is 24.2 Å². The fraction of sp³-hybridized carbons (Fsp3) is 0.588. The molecule has 2 aliphatic heterocycles. The fourth-order valence-electron chi connectivity index (χ4n) is 2.64. The van der Waals surface area contributed by atoms with Gasteiger partial charge in [0.1, 0.15) is 19.3 Å². The minimum absolute atomic E-state index is 0.152. The van der Waals surface area contributed by atoms with Crippen LogP contribution >= 0.6 is 0 Å². The van der Waals surface area contributed by atoms with E-state index < -0.39 is 6.10 Å².